The minimum absolute atomic E-state index is 0.241. The van der Waals surface area contributed by atoms with Crippen LogP contribution in [0.4, 0.5) is 0 Å². The summed E-state index contributed by atoms with van der Waals surface area (Å²) >= 11 is 4.70. The van der Waals surface area contributed by atoms with Gasteiger partial charge in [-0.2, -0.15) is 4.99 Å². The Hall–Kier alpha value is -1.04. The molecule has 10 heavy (non-hydrogen) atoms. The predicted octanol–water partition coefficient (Wildman–Crippen LogP) is -0.110. The molecule has 0 amide bonds. The van der Waals surface area contributed by atoms with E-state index in [2.05, 4.69) is 4.99 Å². The molecular formula is C4H5N3O2S. The van der Waals surface area contributed by atoms with Gasteiger partial charge in [0.05, 0.1) is 11.3 Å². The third-order valence-corrected chi connectivity index (χ3v) is 1.65. The standard InChI is InChI=1S/C4H5N3O2S/c1-6-2-5-3(4(6)10)7(8)9/h2-3H,1H3. The first-order valence-electron chi connectivity index (χ1n) is 2.56. The Morgan fingerprint density at radius 1 is 2.00 bits per heavy atom. The predicted molar refractivity (Wildman–Crippen MR) is 39.6 cm³/mol. The van der Waals surface area contributed by atoms with E-state index < -0.39 is 11.1 Å². The Bertz CT molecular complexity index is 215. The number of thiocarbonyl (C=S) groups is 1. The van der Waals surface area contributed by atoms with E-state index in [0.717, 1.165) is 0 Å². The van der Waals surface area contributed by atoms with Gasteiger partial charge in [-0.15, -0.1) is 0 Å². The summed E-state index contributed by atoms with van der Waals surface area (Å²) in [5, 5.41) is 10.1. The van der Waals surface area contributed by atoms with Crippen molar-refractivity contribution in [2.24, 2.45) is 4.99 Å². The summed E-state index contributed by atoms with van der Waals surface area (Å²) in [6, 6.07) is 0. The van der Waals surface area contributed by atoms with E-state index in [0.29, 0.717) is 0 Å². The summed E-state index contributed by atoms with van der Waals surface area (Å²) in [5.74, 6) is 0. The van der Waals surface area contributed by atoms with Crippen molar-refractivity contribution in [3.05, 3.63) is 10.1 Å². The highest BCUT2D eigenvalue weighted by molar-refractivity contribution is 7.80. The molecule has 0 saturated heterocycles. The van der Waals surface area contributed by atoms with Crippen LogP contribution in [0.5, 0.6) is 0 Å². The fourth-order valence-corrected chi connectivity index (χ4v) is 0.805. The molecule has 0 aliphatic carbocycles. The number of hydrogen-bond acceptors (Lipinski definition) is 4. The third-order valence-electron chi connectivity index (χ3n) is 1.15. The zero-order valence-electron chi connectivity index (χ0n) is 5.22. The van der Waals surface area contributed by atoms with Crippen molar-refractivity contribution in [1.29, 1.82) is 0 Å². The van der Waals surface area contributed by atoms with Gasteiger partial charge in [0.2, 0.25) is 0 Å². The van der Waals surface area contributed by atoms with Gasteiger partial charge >= 0.3 is 6.17 Å². The quantitative estimate of drug-likeness (QED) is 0.304. The molecule has 1 rings (SSSR count). The van der Waals surface area contributed by atoms with Gasteiger partial charge in [-0.1, -0.05) is 12.2 Å². The van der Waals surface area contributed by atoms with Crippen LogP contribution in [-0.4, -0.2) is 34.4 Å². The van der Waals surface area contributed by atoms with Gasteiger partial charge in [-0.3, -0.25) is 10.1 Å². The maximum absolute atomic E-state index is 10.1. The number of rotatable bonds is 1. The SMILES string of the molecule is CN1C=NC([N+](=O)[O-])C1=S. The minimum Gasteiger partial charge on any atom is -0.323 e. The first-order chi connectivity index (χ1) is 4.63. The van der Waals surface area contributed by atoms with Crippen LogP contribution in [0.3, 0.4) is 0 Å². The molecule has 54 valence electrons. The van der Waals surface area contributed by atoms with E-state index in [1.54, 1.807) is 7.05 Å². The molecule has 5 nitrogen and oxygen atoms in total. The van der Waals surface area contributed by atoms with Gasteiger partial charge in [-0.25, -0.2) is 0 Å². The van der Waals surface area contributed by atoms with Crippen LogP contribution in [-0.2, 0) is 0 Å². The van der Waals surface area contributed by atoms with E-state index >= 15 is 0 Å². The van der Waals surface area contributed by atoms with Crippen molar-refractivity contribution in [2.45, 2.75) is 6.17 Å². The molecule has 1 heterocycles. The van der Waals surface area contributed by atoms with Crippen LogP contribution < -0.4 is 0 Å². The van der Waals surface area contributed by atoms with Crippen LogP contribution in [0, 0.1) is 10.1 Å². The lowest BCUT2D eigenvalue weighted by Gasteiger charge is -2.04. The summed E-state index contributed by atoms with van der Waals surface area (Å²) in [6.07, 6.45) is 0.315. The van der Waals surface area contributed by atoms with Crippen LogP contribution in [0.15, 0.2) is 4.99 Å². The monoisotopic (exact) mass is 159 g/mol. The maximum Gasteiger partial charge on any atom is 0.356 e. The number of aliphatic imine (C=N–C) groups is 1. The molecule has 0 spiro atoms. The van der Waals surface area contributed by atoms with E-state index in [-0.39, 0.29) is 4.99 Å². The molecule has 0 radical (unpaired) electrons. The zero-order valence-corrected chi connectivity index (χ0v) is 6.04. The van der Waals surface area contributed by atoms with Crippen molar-refractivity contribution in [3.8, 4) is 0 Å². The molecule has 6 heteroatoms. The number of nitrogens with zero attached hydrogens (tertiary/aromatic N) is 3. The molecule has 0 fully saturated rings. The number of likely N-dealkylation sites (N-methyl/N-ethyl adjacent to an activating group) is 1. The van der Waals surface area contributed by atoms with Crippen LogP contribution in [0.2, 0.25) is 0 Å². The molecule has 1 unspecified atom stereocenters. The third kappa shape index (κ3) is 0.971. The fraction of sp³-hybridized carbons (Fsp3) is 0.500. The summed E-state index contributed by atoms with van der Waals surface area (Å²) in [5.41, 5.74) is 0. The lowest BCUT2D eigenvalue weighted by atomic mass is 10.5. The Kier molecular flexibility index (Phi) is 1.62. The number of hydrogen-bond donors (Lipinski definition) is 0. The van der Waals surface area contributed by atoms with Crippen molar-refractivity contribution in [2.75, 3.05) is 7.05 Å². The summed E-state index contributed by atoms with van der Waals surface area (Å²) in [7, 11) is 1.63. The summed E-state index contributed by atoms with van der Waals surface area (Å²) in [6.45, 7) is 0. The average molecular weight is 159 g/mol. The Morgan fingerprint density at radius 3 is 2.80 bits per heavy atom. The van der Waals surface area contributed by atoms with E-state index in [1.165, 1.54) is 11.2 Å². The highest BCUT2D eigenvalue weighted by Crippen LogP contribution is 2.05. The van der Waals surface area contributed by atoms with E-state index in [9.17, 15) is 10.1 Å². The minimum atomic E-state index is -1.04. The first kappa shape index (κ1) is 7.07. The average Bonchev–Trinajstić information content (AvgIpc) is 2.14. The lowest BCUT2D eigenvalue weighted by molar-refractivity contribution is -0.500. The molecule has 1 aliphatic rings. The normalized spacial score (nSPS) is 23.9. The summed E-state index contributed by atoms with van der Waals surface area (Å²) < 4.78 is 0. The molecule has 0 aromatic rings. The van der Waals surface area contributed by atoms with E-state index in [4.69, 9.17) is 12.2 Å². The highest BCUT2D eigenvalue weighted by atomic mass is 32.1. The van der Waals surface area contributed by atoms with Gasteiger partial charge in [0.25, 0.3) is 0 Å². The second-order valence-electron chi connectivity index (χ2n) is 1.87. The van der Waals surface area contributed by atoms with Crippen LogP contribution in [0.1, 0.15) is 0 Å². The topological polar surface area (TPSA) is 58.7 Å². The molecule has 1 atom stereocenters. The fourth-order valence-electron chi connectivity index (χ4n) is 0.611. The van der Waals surface area contributed by atoms with Gasteiger partial charge in [-0.05, 0) is 0 Å². The smallest absolute Gasteiger partial charge is 0.323 e. The van der Waals surface area contributed by atoms with Crippen molar-refractivity contribution < 1.29 is 4.92 Å². The van der Waals surface area contributed by atoms with Gasteiger partial charge in [0, 0.05) is 7.05 Å². The molecule has 0 N–H and O–H groups in total. The van der Waals surface area contributed by atoms with Crippen LogP contribution >= 0.6 is 12.2 Å². The molecular weight excluding hydrogens is 154 g/mol. The maximum atomic E-state index is 10.1. The Balaban J connectivity index is 2.76. The lowest BCUT2D eigenvalue weighted by Crippen LogP contribution is -2.30. The number of nitro groups is 1. The van der Waals surface area contributed by atoms with Gasteiger partial charge in [0.1, 0.15) is 0 Å². The van der Waals surface area contributed by atoms with E-state index in [1.807, 2.05) is 0 Å². The van der Waals surface area contributed by atoms with Gasteiger partial charge in [0.15, 0.2) is 4.99 Å². The molecule has 0 bridgehead atoms. The molecule has 1 aliphatic heterocycles. The second-order valence-corrected chi connectivity index (χ2v) is 2.29. The highest BCUT2D eigenvalue weighted by Gasteiger charge is 2.31. The second kappa shape index (κ2) is 2.30. The Morgan fingerprint density at radius 2 is 2.60 bits per heavy atom. The first-order valence-corrected chi connectivity index (χ1v) is 2.97. The van der Waals surface area contributed by atoms with Crippen molar-refractivity contribution in [1.82, 2.24) is 4.90 Å². The van der Waals surface area contributed by atoms with Crippen LogP contribution in [0.25, 0.3) is 0 Å². The largest absolute Gasteiger partial charge is 0.356 e. The zero-order chi connectivity index (χ0) is 7.72. The van der Waals surface area contributed by atoms with Crippen molar-refractivity contribution >= 4 is 23.5 Å². The van der Waals surface area contributed by atoms with Crippen molar-refractivity contribution in [3.63, 3.8) is 0 Å². The molecule has 0 aromatic carbocycles. The Labute approximate surface area is 62.5 Å². The molecule has 0 saturated carbocycles. The molecule has 0 aromatic heterocycles. The van der Waals surface area contributed by atoms with Gasteiger partial charge < -0.3 is 4.90 Å². The summed E-state index contributed by atoms with van der Waals surface area (Å²) in [4.78, 5) is 14.9.